The summed E-state index contributed by atoms with van der Waals surface area (Å²) in [4.78, 5) is 0.897. The Labute approximate surface area is 104 Å². The molecule has 0 saturated carbocycles. The minimum absolute atomic E-state index is 0.318. The average Bonchev–Trinajstić information content (AvgIpc) is 2.79. The first-order chi connectivity index (χ1) is 8.08. The zero-order chi connectivity index (χ0) is 12.4. The van der Waals surface area contributed by atoms with Crippen LogP contribution in [0.25, 0.3) is 0 Å². The van der Waals surface area contributed by atoms with Crippen LogP contribution in [0.1, 0.15) is 16.0 Å². The van der Waals surface area contributed by atoms with Gasteiger partial charge in [-0.3, -0.25) is 5.41 Å². The van der Waals surface area contributed by atoms with Crippen molar-refractivity contribution in [2.45, 2.75) is 13.8 Å². The topological polar surface area (TPSA) is 56.1 Å². The van der Waals surface area contributed by atoms with E-state index in [0.29, 0.717) is 11.6 Å². The summed E-state index contributed by atoms with van der Waals surface area (Å²) < 4.78 is 0. The van der Waals surface area contributed by atoms with Gasteiger partial charge in [-0.1, -0.05) is 6.07 Å². The molecule has 0 aliphatic carbocycles. The highest BCUT2D eigenvalue weighted by Gasteiger charge is 2.06. The normalized spacial score (nSPS) is 10.2. The molecule has 17 heavy (non-hydrogen) atoms. The molecular weight excluding hydrogens is 232 g/mol. The number of nitrogens with one attached hydrogen (secondary N) is 2. The summed E-state index contributed by atoms with van der Waals surface area (Å²) in [6.45, 7) is 3.70. The molecule has 3 nitrogen and oxygen atoms in total. The van der Waals surface area contributed by atoms with E-state index in [9.17, 15) is 5.11 Å². The Morgan fingerprint density at radius 3 is 2.47 bits per heavy atom. The summed E-state index contributed by atoms with van der Waals surface area (Å²) in [5.74, 6) is 0.697. The van der Waals surface area contributed by atoms with E-state index in [1.807, 2.05) is 43.5 Å². The van der Waals surface area contributed by atoms with Gasteiger partial charge in [-0.05, 0) is 48.6 Å². The van der Waals surface area contributed by atoms with Gasteiger partial charge in [0.1, 0.15) is 11.6 Å². The third-order valence-electron chi connectivity index (χ3n) is 2.53. The zero-order valence-electron chi connectivity index (χ0n) is 9.74. The molecule has 4 heteroatoms. The maximum absolute atomic E-state index is 9.67. The molecule has 0 spiro atoms. The smallest absolute Gasteiger partial charge is 0.140 e. The molecule has 2 rings (SSSR count). The molecule has 1 aromatic heterocycles. The minimum atomic E-state index is 0.318. The van der Waals surface area contributed by atoms with Crippen LogP contribution in [0.3, 0.4) is 0 Å². The fourth-order valence-electron chi connectivity index (χ4n) is 1.65. The quantitative estimate of drug-likeness (QED) is 0.431. The van der Waals surface area contributed by atoms with Gasteiger partial charge in [0.15, 0.2) is 0 Å². The Morgan fingerprint density at radius 2 is 1.94 bits per heavy atom. The summed E-state index contributed by atoms with van der Waals surface area (Å²) in [5.41, 5.74) is 2.45. The third-order valence-corrected chi connectivity index (χ3v) is 3.42. The lowest BCUT2D eigenvalue weighted by molar-refractivity contribution is 0.467. The summed E-state index contributed by atoms with van der Waals surface area (Å²) in [6, 6.07) is 7.50. The first-order valence-corrected chi connectivity index (χ1v) is 6.15. The molecule has 0 amide bonds. The second-order valence-corrected chi connectivity index (χ2v) is 4.88. The van der Waals surface area contributed by atoms with Crippen LogP contribution in [0.2, 0.25) is 0 Å². The number of anilines is 1. The number of amidine groups is 1. The number of hydrogen-bond acceptors (Lipinski definition) is 3. The van der Waals surface area contributed by atoms with Crippen LogP contribution in [0.4, 0.5) is 5.69 Å². The first kappa shape index (κ1) is 11.7. The Hall–Kier alpha value is -1.81. The van der Waals surface area contributed by atoms with E-state index in [-0.39, 0.29) is 0 Å². The van der Waals surface area contributed by atoms with Gasteiger partial charge in [-0.25, -0.2) is 0 Å². The van der Waals surface area contributed by atoms with Crippen LogP contribution >= 0.6 is 11.3 Å². The Bertz CT molecular complexity index is 524. The predicted molar refractivity (Wildman–Crippen MR) is 72.4 cm³/mol. The van der Waals surface area contributed by atoms with Gasteiger partial charge in [0.25, 0.3) is 0 Å². The summed E-state index contributed by atoms with van der Waals surface area (Å²) in [7, 11) is 0. The van der Waals surface area contributed by atoms with E-state index < -0.39 is 0 Å². The van der Waals surface area contributed by atoms with Crippen LogP contribution in [0, 0.1) is 19.3 Å². The number of aryl methyl sites for hydroxylation is 2. The highest BCUT2D eigenvalue weighted by atomic mass is 32.1. The van der Waals surface area contributed by atoms with E-state index in [1.165, 1.54) is 11.3 Å². The van der Waals surface area contributed by atoms with Crippen molar-refractivity contribution in [3.8, 4) is 5.75 Å². The molecule has 0 fully saturated rings. The predicted octanol–water partition coefficient (Wildman–Crippen LogP) is 3.51. The minimum Gasteiger partial charge on any atom is -0.507 e. The number of thiophene rings is 1. The molecule has 0 aliphatic rings. The number of rotatable bonds is 2. The maximum Gasteiger partial charge on any atom is 0.140 e. The van der Waals surface area contributed by atoms with Crippen LogP contribution in [-0.4, -0.2) is 10.9 Å². The second-order valence-electron chi connectivity index (χ2n) is 3.94. The lowest BCUT2D eigenvalue weighted by Crippen LogP contribution is -2.10. The maximum atomic E-state index is 9.67. The Kier molecular flexibility index (Phi) is 3.15. The van der Waals surface area contributed by atoms with Gasteiger partial charge in [-0.15, -0.1) is 11.3 Å². The number of phenols is 1. The van der Waals surface area contributed by atoms with Gasteiger partial charge in [0.05, 0.1) is 4.88 Å². The molecule has 88 valence electrons. The summed E-state index contributed by atoms with van der Waals surface area (Å²) in [5, 5.41) is 22.6. The van der Waals surface area contributed by atoms with Crippen LogP contribution < -0.4 is 5.32 Å². The van der Waals surface area contributed by atoms with E-state index in [1.54, 1.807) is 0 Å². The van der Waals surface area contributed by atoms with Crippen LogP contribution in [0.5, 0.6) is 5.75 Å². The summed E-state index contributed by atoms with van der Waals surface area (Å²) in [6.07, 6.45) is 0. The highest BCUT2D eigenvalue weighted by Crippen LogP contribution is 2.26. The van der Waals surface area contributed by atoms with Gasteiger partial charge >= 0.3 is 0 Å². The molecule has 0 radical (unpaired) electrons. The SMILES string of the molecule is Cc1cc(NC(=N)c2cccs2)cc(C)c1O. The molecule has 0 saturated heterocycles. The first-order valence-electron chi connectivity index (χ1n) is 5.27. The monoisotopic (exact) mass is 246 g/mol. The van der Waals surface area contributed by atoms with Gasteiger partial charge in [-0.2, -0.15) is 0 Å². The fraction of sp³-hybridized carbons (Fsp3) is 0.154. The Balaban J connectivity index is 2.22. The standard InChI is InChI=1S/C13H14N2OS/c1-8-6-10(7-9(2)12(8)16)15-13(14)11-4-3-5-17-11/h3-7,16H,1-2H3,(H2,14,15). The lowest BCUT2D eigenvalue weighted by atomic mass is 10.1. The molecule has 0 aliphatic heterocycles. The molecule has 2 aromatic rings. The van der Waals surface area contributed by atoms with E-state index >= 15 is 0 Å². The van der Waals surface area contributed by atoms with Crippen LogP contribution in [-0.2, 0) is 0 Å². The molecule has 1 heterocycles. The third kappa shape index (κ3) is 2.47. The largest absolute Gasteiger partial charge is 0.507 e. The number of aromatic hydroxyl groups is 1. The van der Waals surface area contributed by atoms with Crippen LogP contribution in [0.15, 0.2) is 29.6 Å². The van der Waals surface area contributed by atoms with Gasteiger partial charge in [0, 0.05) is 5.69 Å². The van der Waals surface area contributed by atoms with Crippen molar-refractivity contribution in [1.82, 2.24) is 0 Å². The average molecular weight is 246 g/mol. The highest BCUT2D eigenvalue weighted by molar-refractivity contribution is 7.12. The van der Waals surface area contributed by atoms with Crippen molar-refractivity contribution in [2.75, 3.05) is 5.32 Å². The Morgan fingerprint density at radius 1 is 1.29 bits per heavy atom. The van der Waals surface area contributed by atoms with Crippen molar-refractivity contribution < 1.29 is 5.11 Å². The van der Waals surface area contributed by atoms with Gasteiger partial charge in [0.2, 0.25) is 0 Å². The van der Waals surface area contributed by atoms with Crippen molar-refractivity contribution >= 4 is 22.9 Å². The zero-order valence-corrected chi connectivity index (χ0v) is 10.6. The van der Waals surface area contributed by atoms with E-state index in [2.05, 4.69) is 5.32 Å². The number of hydrogen-bond donors (Lipinski definition) is 3. The van der Waals surface area contributed by atoms with E-state index in [4.69, 9.17) is 5.41 Å². The molecule has 3 N–H and O–H groups in total. The molecule has 0 atom stereocenters. The second kappa shape index (κ2) is 4.59. The van der Waals surface area contributed by atoms with Crippen molar-refractivity contribution in [3.05, 3.63) is 45.6 Å². The number of phenolic OH excluding ortho intramolecular Hbond substituents is 1. The van der Waals surface area contributed by atoms with Crippen molar-refractivity contribution in [3.63, 3.8) is 0 Å². The molecular formula is C13H14N2OS. The number of benzene rings is 1. The molecule has 0 unspecified atom stereocenters. The fourth-order valence-corrected chi connectivity index (χ4v) is 2.28. The lowest BCUT2D eigenvalue weighted by Gasteiger charge is -2.10. The van der Waals surface area contributed by atoms with Gasteiger partial charge < -0.3 is 10.4 Å². The van der Waals surface area contributed by atoms with Crippen molar-refractivity contribution in [1.29, 1.82) is 5.41 Å². The van der Waals surface area contributed by atoms with Crippen molar-refractivity contribution in [2.24, 2.45) is 0 Å². The molecule has 0 bridgehead atoms. The summed E-state index contributed by atoms with van der Waals surface area (Å²) >= 11 is 1.53. The van der Waals surface area contributed by atoms with E-state index in [0.717, 1.165) is 21.7 Å². The molecule has 1 aromatic carbocycles.